The normalized spacial score (nSPS) is 10.4. The smallest absolute Gasteiger partial charge is 0.205 e. The lowest BCUT2D eigenvalue weighted by Crippen LogP contribution is -2.24. The molecule has 0 bridgehead atoms. The Balaban J connectivity index is 2.67. The Morgan fingerprint density at radius 1 is 1.46 bits per heavy atom. The lowest BCUT2D eigenvalue weighted by molar-refractivity contribution is 0.854. The monoisotopic (exact) mass is 219 g/mol. The van der Waals surface area contributed by atoms with E-state index in [9.17, 15) is 0 Å². The summed E-state index contributed by atoms with van der Waals surface area (Å²) < 4.78 is 4.23. The molecule has 0 spiro atoms. The van der Waals surface area contributed by atoms with E-state index in [4.69, 9.17) is 11.6 Å². The number of aromatic nitrogens is 2. The minimum Gasteiger partial charge on any atom is -0.346 e. The number of rotatable bonds is 5. The third kappa shape index (κ3) is 2.81. The van der Waals surface area contributed by atoms with E-state index in [1.54, 1.807) is 0 Å². The van der Waals surface area contributed by atoms with E-state index in [0.717, 1.165) is 30.5 Å². The van der Waals surface area contributed by atoms with Gasteiger partial charge in [-0.25, -0.2) is 4.98 Å². The van der Waals surface area contributed by atoms with Gasteiger partial charge in [-0.05, 0) is 6.92 Å². The van der Waals surface area contributed by atoms with Crippen molar-refractivity contribution < 1.29 is 0 Å². The highest BCUT2D eigenvalue weighted by Crippen LogP contribution is 2.16. The zero-order valence-electron chi connectivity index (χ0n) is 7.96. The summed E-state index contributed by atoms with van der Waals surface area (Å²) in [6.07, 6.45) is 0.898. The van der Waals surface area contributed by atoms with Crippen molar-refractivity contribution >= 4 is 28.3 Å². The number of nitrogens with zero attached hydrogens (tertiary/aromatic N) is 3. The van der Waals surface area contributed by atoms with Gasteiger partial charge in [0.15, 0.2) is 0 Å². The molecule has 0 saturated heterocycles. The second-order valence-electron chi connectivity index (χ2n) is 2.62. The average Bonchev–Trinajstić information content (AvgIpc) is 2.62. The first-order chi connectivity index (χ1) is 6.31. The van der Waals surface area contributed by atoms with Gasteiger partial charge in [0.1, 0.15) is 5.82 Å². The van der Waals surface area contributed by atoms with E-state index in [-0.39, 0.29) is 0 Å². The molecule has 0 fully saturated rings. The molecule has 13 heavy (non-hydrogen) atoms. The van der Waals surface area contributed by atoms with Gasteiger partial charge in [-0.15, -0.1) is 11.6 Å². The molecule has 0 atom stereocenters. The van der Waals surface area contributed by atoms with Crippen molar-refractivity contribution in [3.8, 4) is 0 Å². The summed E-state index contributed by atoms with van der Waals surface area (Å²) in [7, 11) is 0. The van der Waals surface area contributed by atoms with Gasteiger partial charge in [0.05, 0.1) is 0 Å². The van der Waals surface area contributed by atoms with Gasteiger partial charge in [-0.1, -0.05) is 6.92 Å². The molecule has 5 heteroatoms. The van der Waals surface area contributed by atoms with Crippen LogP contribution >= 0.6 is 23.1 Å². The minimum atomic E-state index is 0.634. The fraction of sp³-hybridized carbons (Fsp3) is 0.750. The van der Waals surface area contributed by atoms with Crippen LogP contribution in [0.25, 0.3) is 0 Å². The highest BCUT2D eigenvalue weighted by Gasteiger charge is 2.08. The van der Waals surface area contributed by atoms with Crippen LogP contribution in [0, 0.1) is 0 Å². The zero-order valence-corrected chi connectivity index (χ0v) is 9.53. The molecule has 0 saturated carbocycles. The van der Waals surface area contributed by atoms with E-state index < -0.39 is 0 Å². The first-order valence-electron chi connectivity index (χ1n) is 4.45. The molecule has 0 aliphatic carbocycles. The first-order valence-corrected chi connectivity index (χ1v) is 5.76. The predicted octanol–water partition coefficient (Wildman–Crippen LogP) is 2.17. The Hall–Kier alpha value is -0.350. The van der Waals surface area contributed by atoms with Gasteiger partial charge in [-0.2, -0.15) is 4.37 Å². The van der Waals surface area contributed by atoms with Crippen LogP contribution in [0.15, 0.2) is 0 Å². The molecule has 3 nitrogen and oxygen atoms in total. The molecule has 0 unspecified atom stereocenters. The van der Waals surface area contributed by atoms with E-state index in [2.05, 4.69) is 28.1 Å². The lowest BCUT2D eigenvalue weighted by Gasteiger charge is -2.16. The lowest BCUT2D eigenvalue weighted by atomic mass is 10.5. The van der Waals surface area contributed by atoms with E-state index in [1.165, 1.54) is 11.5 Å². The minimum absolute atomic E-state index is 0.634. The second-order valence-corrected chi connectivity index (χ2v) is 3.72. The molecule has 0 aromatic carbocycles. The standard InChI is InChI=1S/C8H14ClN3S/c1-3-7-10-8(13-11-7)12(4-2)6-5-9/h3-6H2,1-2H3. The SMILES string of the molecule is CCc1nsc(N(CC)CCCl)n1. The van der Waals surface area contributed by atoms with Crippen molar-refractivity contribution in [2.45, 2.75) is 20.3 Å². The molecule has 0 radical (unpaired) electrons. The van der Waals surface area contributed by atoms with Crippen LogP contribution in [0.4, 0.5) is 5.13 Å². The number of aryl methyl sites for hydroxylation is 1. The predicted molar refractivity (Wildman–Crippen MR) is 57.9 cm³/mol. The molecule has 1 aromatic heterocycles. The maximum absolute atomic E-state index is 5.68. The molecule has 0 amide bonds. The van der Waals surface area contributed by atoms with Crippen LogP contribution in [0.1, 0.15) is 19.7 Å². The van der Waals surface area contributed by atoms with Gasteiger partial charge >= 0.3 is 0 Å². The molecular weight excluding hydrogens is 206 g/mol. The molecule has 1 heterocycles. The molecule has 1 rings (SSSR count). The van der Waals surface area contributed by atoms with Crippen molar-refractivity contribution in [2.75, 3.05) is 23.9 Å². The third-order valence-corrected chi connectivity index (χ3v) is 2.76. The molecule has 0 N–H and O–H groups in total. The quantitative estimate of drug-likeness (QED) is 0.711. The summed E-state index contributed by atoms with van der Waals surface area (Å²) >= 11 is 7.13. The fourth-order valence-corrected chi connectivity index (χ4v) is 2.05. The summed E-state index contributed by atoms with van der Waals surface area (Å²) in [5.74, 6) is 1.56. The van der Waals surface area contributed by atoms with Gasteiger partial charge in [-0.3, -0.25) is 0 Å². The molecule has 0 aliphatic heterocycles. The largest absolute Gasteiger partial charge is 0.346 e. The average molecular weight is 220 g/mol. The second kappa shape index (κ2) is 5.40. The van der Waals surface area contributed by atoms with Crippen LogP contribution in [-0.2, 0) is 6.42 Å². The maximum Gasteiger partial charge on any atom is 0.205 e. The van der Waals surface area contributed by atoms with Gasteiger partial charge in [0.25, 0.3) is 0 Å². The number of hydrogen-bond acceptors (Lipinski definition) is 4. The fourth-order valence-electron chi connectivity index (χ4n) is 1.01. The number of alkyl halides is 1. The van der Waals surface area contributed by atoms with Gasteiger partial charge in [0, 0.05) is 36.9 Å². The Kier molecular flexibility index (Phi) is 4.45. The van der Waals surface area contributed by atoms with Crippen LogP contribution < -0.4 is 4.90 Å². The highest BCUT2D eigenvalue weighted by molar-refractivity contribution is 7.09. The van der Waals surface area contributed by atoms with Crippen molar-refractivity contribution in [3.63, 3.8) is 0 Å². The number of anilines is 1. The summed E-state index contributed by atoms with van der Waals surface area (Å²) in [4.78, 5) is 6.54. The Morgan fingerprint density at radius 2 is 2.23 bits per heavy atom. The summed E-state index contributed by atoms with van der Waals surface area (Å²) in [5, 5.41) is 0.986. The van der Waals surface area contributed by atoms with Crippen LogP contribution in [0.3, 0.4) is 0 Å². The van der Waals surface area contributed by atoms with Gasteiger partial charge < -0.3 is 4.90 Å². The highest BCUT2D eigenvalue weighted by atomic mass is 35.5. The number of halogens is 1. The van der Waals surface area contributed by atoms with Crippen LogP contribution in [0.5, 0.6) is 0 Å². The van der Waals surface area contributed by atoms with Crippen LogP contribution in [0.2, 0.25) is 0 Å². The molecule has 74 valence electrons. The maximum atomic E-state index is 5.68. The number of hydrogen-bond donors (Lipinski definition) is 0. The Morgan fingerprint density at radius 3 is 2.69 bits per heavy atom. The van der Waals surface area contributed by atoms with E-state index >= 15 is 0 Å². The van der Waals surface area contributed by atoms with Crippen molar-refractivity contribution in [3.05, 3.63) is 5.82 Å². The van der Waals surface area contributed by atoms with Gasteiger partial charge in [0.2, 0.25) is 5.13 Å². The molecule has 1 aromatic rings. The topological polar surface area (TPSA) is 29.0 Å². The Labute approximate surface area is 87.9 Å². The van der Waals surface area contributed by atoms with Crippen molar-refractivity contribution in [1.82, 2.24) is 9.36 Å². The van der Waals surface area contributed by atoms with Crippen LogP contribution in [-0.4, -0.2) is 28.3 Å². The summed E-state index contributed by atoms with van der Waals surface area (Å²) in [6.45, 7) is 5.94. The summed E-state index contributed by atoms with van der Waals surface area (Å²) in [5.41, 5.74) is 0. The Bertz CT molecular complexity index is 251. The first kappa shape index (κ1) is 10.7. The molecular formula is C8H14ClN3S. The van der Waals surface area contributed by atoms with E-state index in [1.807, 2.05) is 0 Å². The van der Waals surface area contributed by atoms with Crippen molar-refractivity contribution in [1.29, 1.82) is 0 Å². The zero-order chi connectivity index (χ0) is 9.68. The van der Waals surface area contributed by atoms with Crippen molar-refractivity contribution in [2.24, 2.45) is 0 Å². The molecule has 0 aliphatic rings. The van der Waals surface area contributed by atoms with E-state index in [0.29, 0.717) is 5.88 Å². The summed E-state index contributed by atoms with van der Waals surface area (Å²) in [6, 6.07) is 0. The third-order valence-electron chi connectivity index (χ3n) is 1.78.